The molecule has 0 amide bonds. The van der Waals surface area contributed by atoms with Crippen LogP contribution in [-0.4, -0.2) is 13.1 Å². The molecule has 1 aliphatic rings. The lowest BCUT2D eigenvalue weighted by molar-refractivity contribution is -0.142. The first-order valence-corrected chi connectivity index (χ1v) is 6.41. The standard InChI is InChI=1S/C15H20O2/c1-17-15(16)11-12-7-9-14(10-8-12)13-5-3-2-4-6-13/h2-6,12,14H,7-11H2,1H3. The zero-order valence-electron chi connectivity index (χ0n) is 10.4. The zero-order valence-corrected chi connectivity index (χ0v) is 10.4. The summed E-state index contributed by atoms with van der Waals surface area (Å²) >= 11 is 0. The third-order valence-electron chi connectivity index (χ3n) is 3.80. The maximum Gasteiger partial charge on any atom is 0.305 e. The van der Waals surface area contributed by atoms with Crippen LogP contribution < -0.4 is 0 Å². The molecule has 0 aromatic heterocycles. The Morgan fingerprint density at radius 3 is 2.41 bits per heavy atom. The molecule has 2 rings (SSSR count). The van der Waals surface area contributed by atoms with Crippen molar-refractivity contribution in [3.63, 3.8) is 0 Å². The van der Waals surface area contributed by atoms with Gasteiger partial charge in [0.15, 0.2) is 0 Å². The second kappa shape index (κ2) is 5.85. The number of hydrogen-bond acceptors (Lipinski definition) is 2. The van der Waals surface area contributed by atoms with Crippen molar-refractivity contribution in [2.75, 3.05) is 7.11 Å². The number of carbonyl (C=O) groups excluding carboxylic acids is 1. The van der Waals surface area contributed by atoms with E-state index < -0.39 is 0 Å². The van der Waals surface area contributed by atoms with Gasteiger partial charge in [-0.3, -0.25) is 4.79 Å². The summed E-state index contributed by atoms with van der Waals surface area (Å²) in [5, 5.41) is 0. The molecule has 2 nitrogen and oxygen atoms in total. The SMILES string of the molecule is COC(=O)CC1CCC(c2ccccc2)CC1. The first-order valence-electron chi connectivity index (χ1n) is 6.41. The summed E-state index contributed by atoms with van der Waals surface area (Å²) in [6.07, 6.45) is 5.29. The molecule has 1 fully saturated rings. The molecule has 0 unspecified atom stereocenters. The summed E-state index contributed by atoms with van der Waals surface area (Å²) in [4.78, 5) is 11.2. The van der Waals surface area contributed by atoms with E-state index in [1.807, 2.05) is 0 Å². The minimum absolute atomic E-state index is 0.0619. The monoisotopic (exact) mass is 232 g/mol. The largest absolute Gasteiger partial charge is 0.469 e. The van der Waals surface area contributed by atoms with Gasteiger partial charge in [0.1, 0.15) is 0 Å². The zero-order chi connectivity index (χ0) is 12.1. The Morgan fingerprint density at radius 2 is 1.82 bits per heavy atom. The first kappa shape index (κ1) is 12.2. The highest BCUT2D eigenvalue weighted by atomic mass is 16.5. The minimum Gasteiger partial charge on any atom is -0.469 e. The van der Waals surface area contributed by atoms with Crippen molar-refractivity contribution >= 4 is 5.97 Å². The van der Waals surface area contributed by atoms with E-state index >= 15 is 0 Å². The van der Waals surface area contributed by atoms with Gasteiger partial charge in [0.25, 0.3) is 0 Å². The van der Waals surface area contributed by atoms with Crippen molar-refractivity contribution in [1.29, 1.82) is 0 Å². The molecule has 0 atom stereocenters. The van der Waals surface area contributed by atoms with Crippen LogP contribution in [0.25, 0.3) is 0 Å². The highest BCUT2D eigenvalue weighted by molar-refractivity contribution is 5.69. The molecule has 1 aromatic carbocycles. The van der Waals surface area contributed by atoms with Crippen LogP contribution in [0.4, 0.5) is 0 Å². The lowest BCUT2D eigenvalue weighted by Crippen LogP contribution is -2.17. The van der Waals surface area contributed by atoms with Crippen molar-refractivity contribution in [2.45, 2.75) is 38.0 Å². The summed E-state index contributed by atoms with van der Waals surface area (Å²) in [5.74, 6) is 1.15. The Kier molecular flexibility index (Phi) is 4.18. The first-order chi connectivity index (χ1) is 8.29. The van der Waals surface area contributed by atoms with Crippen LogP contribution in [0.15, 0.2) is 30.3 Å². The van der Waals surface area contributed by atoms with E-state index in [-0.39, 0.29) is 5.97 Å². The van der Waals surface area contributed by atoms with Gasteiger partial charge in [-0.1, -0.05) is 30.3 Å². The van der Waals surface area contributed by atoms with E-state index in [4.69, 9.17) is 4.74 Å². The average Bonchev–Trinajstić information content (AvgIpc) is 2.40. The number of methoxy groups -OCH3 is 1. The van der Waals surface area contributed by atoms with Crippen molar-refractivity contribution in [1.82, 2.24) is 0 Å². The minimum atomic E-state index is -0.0619. The van der Waals surface area contributed by atoms with Crippen molar-refractivity contribution in [3.8, 4) is 0 Å². The Labute approximate surface area is 103 Å². The maximum absolute atomic E-state index is 11.2. The van der Waals surface area contributed by atoms with Crippen LogP contribution in [0.3, 0.4) is 0 Å². The fraction of sp³-hybridized carbons (Fsp3) is 0.533. The number of carbonyl (C=O) groups is 1. The van der Waals surface area contributed by atoms with Crippen LogP contribution in [0, 0.1) is 5.92 Å². The van der Waals surface area contributed by atoms with Crippen LogP contribution in [0.1, 0.15) is 43.6 Å². The van der Waals surface area contributed by atoms with Crippen molar-refractivity contribution < 1.29 is 9.53 Å². The predicted octanol–water partition coefficient (Wildman–Crippen LogP) is 3.52. The molecular weight excluding hydrogens is 212 g/mol. The maximum atomic E-state index is 11.2. The quantitative estimate of drug-likeness (QED) is 0.745. The molecule has 0 heterocycles. The summed E-state index contributed by atoms with van der Waals surface area (Å²) in [7, 11) is 1.47. The van der Waals surface area contributed by atoms with E-state index in [1.165, 1.54) is 25.5 Å². The summed E-state index contributed by atoms with van der Waals surface area (Å²) in [6, 6.07) is 10.7. The van der Waals surface area contributed by atoms with E-state index in [0.717, 1.165) is 12.8 Å². The molecule has 1 aliphatic carbocycles. The lowest BCUT2D eigenvalue weighted by atomic mass is 9.77. The van der Waals surface area contributed by atoms with Gasteiger partial charge in [-0.2, -0.15) is 0 Å². The molecule has 0 bridgehead atoms. The van der Waals surface area contributed by atoms with E-state index in [9.17, 15) is 4.79 Å². The molecule has 0 aliphatic heterocycles. The fourth-order valence-corrected chi connectivity index (χ4v) is 2.74. The molecule has 2 heteroatoms. The van der Waals surface area contributed by atoms with Gasteiger partial charge < -0.3 is 4.74 Å². The van der Waals surface area contributed by atoms with Crippen molar-refractivity contribution in [3.05, 3.63) is 35.9 Å². The molecule has 92 valence electrons. The summed E-state index contributed by atoms with van der Waals surface area (Å²) in [6.45, 7) is 0. The molecule has 0 spiro atoms. The van der Waals surface area contributed by atoms with Crippen LogP contribution in [0.2, 0.25) is 0 Å². The summed E-state index contributed by atoms with van der Waals surface area (Å²) in [5.41, 5.74) is 1.45. The molecule has 0 saturated heterocycles. The van der Waals surface area contributed by atoms with Crippen molar-refractivity contribution in [2.24, 2.45) is 5.92 Å². The van der Waals surface area contributed by atoms with Gasteiger partial charge >= 0.3 is 5.97 Å². The molecular formula is C15H20O2. The third kappa shape index (κ3) is 3.32. The van der Waals surface area contributed by atoms with Crippen LogP contribution >= 0.6 is 0 Å². The van der Waals surface area contributed by atoms with Crippen LogP contribution in [0.5, 0.6) is 0 Å². The van der Waals surface area contributed by atoms with Gasteiger partial charge in [-0.15, -0.1) is 0 Å². The Morgan fingerprint density at radius 1 is 1.18 bits per heavy atom. The van der Waals surface area contributed by atoms with Gasteiger partial charge in [0, 0.05) is 6.42 Å². The number of ether oxygens (including phenoxy) is 1. The number of esters is 1. The highest BCUT2D eigenvalue weighted by Crippen LogP contribution is 2.36. The van der Waals surface area contributed by atoms with E-state index in [1.54, 1.807) is 0 Å². The predicted molar refractivity (Wildman–Crippen MR) is 67.8 cm³/mol. The molecule has 1 aromatic rings. The second-order valence-electron chi connectivity index (χ2n) is 4.91. The van der Waals surface area contributed by atoms with Gasteiger partial charge in [0.2, 0.25) is 0 Å². The number of benzene rings is 1. The molecule has 1 saturated carbocycles. The molecule has 0 radical (unpaired) electrons. The average molecular weight is 232 g/mol. The number of rotatable bonds is 3. The normalized spacial score (nSPS) is 24.3. The van der Waals surface area contributed by atoms with E-state index in [0.29, 0.717) is 18.3 Å². The fourth-order valence-electron chi connectivity index (χ4n) is 2.74. The topological polar surface area (TPSA) is 26.3 Å². The highest BCUT2D eigenvalue weighted by Gasteiger charge is 2.23. The molecule has 0 N–H and O–H groups in total. The third-order valence-corrected chi connectivity index (χ3v) is 3.80. The van der Waals surface area contributed by atoms with E-state index in [2.05, 4.69) is 30.3 Å². The van der Waals surface area contributed by atoms with Gasteiger partial charge in [0.05, 0.1) is 7.11 Å². The van der Waals surface area contributed by atoms with Gasteiger partial charge in [-0.05, 0) is 43.1 Å². The Bertz CT molecular complexity index is 350. The second-order valence-corrected chi connectivity index (χ2v) is 4.91. The van der Waals surface area contributed by atoms with Gasteiger partial charge in [-0.25, -0.2) is 0 Å². The van der Waals surface area contributed by atoms with Crippen LogP contribution in [-0.2, 0) is 9.53 Å². The summed E-state index contributed by atoms with van der Waals surface area (Å²) < 4.78 is 4.73. The lowest BCUT2D eigenvalue weighted by Gasteiger charge is -2.28. The Hall–Kier alpha value is -1.31. The molecule has 17 heavy (non-hydrogen) atoms. The number of hydrogen-bond donors (Lipinski definition) is 0. The Balaban J connectivity index is 1.84. The smallest absolute Gasteiger partial charge is 0.305 e.